The van der Waals surface area contributed by atoms with E-state index in [0.29, 0.717) is 11.2 Å². The molecule has 0 radical (unpaired) electrons. The Bertz CT molecular complexity index is 567. The molecule has 7 heteroatoms. The second-order valence-corrected chi connectivity index (χ2v) is 4.18. The van der Waals surface area contributed by atoms with Gasteiger partial charge >= 0.3 is 5.97 Å². The molecule has 0 unspecified atom stereocenters. The van der Waals surface area contributed by atoms with Crippen LogP contribution in [0.25, 0.3) is 5.65 Å². The monoisotopic (exact) mass is 299 g/mol. The summed E-state index contributed by atoms with van der Waals surface area (Å²) in [6.07, 6.45) is 1.66. The van der Waals surface area contributed by atoms with Gasteiger partial charge in [-0.3, -0.25) is 0 Å². The molecular formula is C10H10BrN3O3. The molecule has 0 amide bonds. The first-order chi connectivity index (χ1) is 8.15. The molecule has 0 aliphatic heterocycles. The Morgan fingerprint density at radius 2 is 2.41 bits per heavy atom. The third-order valence-electron chi connectivity index (χ3n) is 2.10. The molecule has 0 aliphatic carbocycles. The fourth-order valence-corrected chi connectivity index (χ4v) is 1.89. The molecule has 0 atom stereocenters. The van der Waals surface area contributed by atoms with Crippen LogP contribution in [0.4, 0.5) is 0 Å². The fourth-order valence-electron chi connectivity index (χ4n) is 1.42. The largest absolute Gasteiger partial charge is 0.460 e. The quantitative estimate of drug-likeness (QED) is 0.861. The standard InChI is InChI=1S/C10H10BrN3O3/c1-2-17-10(16)8-12-9-6(5-15)3-7(11)4-14(9)13-8/h3-4,15H,2,5H2,1H3. The lowest BCUT2D eigenvalue weighted by Gasteiger charge is -1.98. The first kappa shape index (κ1) is 12.0. The SMILES string of the molecule is CCOC(=O)c1nc2c(CO)cc(Br)cn2n1. The van der Waals surface area contributed by atoms with Crippen molar-refractivity contribution in [3.8, 4) is 0 Å². The van der Waals surface area contributed by atoms with Crippen LogP contribution in [-0.2, 0) is 11.3 Å². The van der Waals surface area contributed by atoms with Crippen LogP contribution in [0.3, 0.4) is 0 Å². The molecule has 0 saturated heterocycles. The number of carbonyl (C=O) groups excluding carboxylic acids is 1. The van der Waals surface area contributed by atoms with E-state index in [0.717, 1.165) is 4.47 Å². The van der Waals surface area contributed by atoms with Gasteiger partial charge in [-0.25, -0.2) is 14.3 Å². The maximum absolute atomic E-state index is 11.5. The van der Waals surface area contributed by atoms with Crippen LogP contribution in [0.2, 0.25) is 0 Å². The van der Waals surface area contributed by atoms with Gasteiger partial charge in [0.1, 0.15) is 0 Å². The molecule has 0 aliphatic rings. The minimum absolute atomic E-state index is 0.0142. The van der Waals surface area contributed by atoms with Gasteiger partial charge < -0.3 is 9.84 Å². The second kappa shape index (κ2) is 4.80. The summed E-state index contributed by atoms with van der Waals surface area (Å²) in [7, 11) is 0. The number of aliphatic hydroxyl groups excluding tert-OH is 1. The van der Waals surface area contributed by atoms with Crippen LogP contribution in [0, 0.1) is 0 Å². The van der Waals surface area contributed by atoms with Crippen molar-refractivity contribution >= 4 is 27.5 Å². The molecule has 2 aromatic rings. The van der Waals surface area contributed by atoms with Gasteiger partial charge in [0.05, 0.1) is 13.2 Å². The van der Waals surface area contributed by atoms with Crippen molar-refractivity contribution < 1.29 is 14.6 Å². The predicted molar refractivity (Wildman–Crippen MR) is 62.6 cm³/mol. The predicted octanol–water partition coefficient (Wildman–Crippen LogP) is 1.16. The van der Waals surface area contributed by atoms with E-state index in [-0.39, 0.29) is 19.0 Å². The number of halogens is 1. The Morgan fingerprint density at radius 1 is 1.65 bits per heavy atom. The maximum Gasteiger partial charge on any atom is 0.378 e. The zero-order chi connectivity index (χ0) is 12.4. The van der Waals surface area contributed by atoms with Gasteiger partial charge in [-0.1, -0.05) is 0 Å². The molecule has 17 heavy (non-hydrogen) atoms. The Kier molecular flexibility index (Phi) is 3.39. The molecule has 0 spiro atoms. The van der Waals surface area contributed by atoms with E-state index in [9.17, 15) is 9.90 Å². The highest BCUT2D eigenvalue weighted by Crippen LogP contribution is 2.16. The van der Waals surface area contributed by atoms with Crippen LogP contribution in [-0.4, -0.2) is 32.3 Å². The number of ether oxygens (including phenoxy) is 1. The van der Waals surface area contributed by atoms with Crippen molar-refractivity contribution in [1.29, 1.82) is 0 Å². The van der Waals surface area contributed by atoms with Gasteiger partial charge in [0.25, 0.3) is 5.82 Å². The minimum atomic E-state index is -0.573. The summed E-state index contributed by atoms with van der Waals surface area (Å²) in [5, 5.41) is 13.2. The number of pyridine rings is 1. The van der Waals surface area contributed by atoms with Gasteiger partial charge in [0.15, 0.2) is 5.65 Å². The lowest BCUT2D eigenvalue weighted by molar-refractivity contribution is 0.0512. The van der Waals surface area contributed by atoms with Gasteiger partial charge in [-0.2, -0.15) is 0 Å². The number of hydrogen-bond acceptors (Lipinski definition) is 5. The van der Waals surface area contributed by atoms with E-state index in [4.69, 9.17) is 4.74 Å². The molecule has 90 valence electrons. The van der Waals surface area contributed by atoms with Crippen LogP contribution in [0.1, 0.15) is 23.1 Å². The number of fused-ring (bicyclic) bond motifs is 1. The third kappa shape index (κ3) is 2.29. The number of esters is 1. The molecule has 6 nitrogen and oxygen atoms in total. The Morgan fingerprint density at radius 3 is 3.06 bits per heavy atom. The Labute approximate surface area is 105 Å². The fraction of sp³-hybridized carbons (Fsp3) is 0.300. The van der Waals surface area contributed by atoms with E-state index in [1.807, 2.05) is 0 Å². The summed E-state index contributed by atoms with van der Waals surface area (Å²) in [4.78, 5) is 15.5. The van der Waals surface area contributed by atoms with Crippen LogP contribution in [0.15, 0.2) is 16.7 Å². The summed E-state index contributed by atoms with van der Waals surface area (Å²) in [6.45, 7) is 1.80. The zero-order valence-electron chi connectivity index (χ0n) is 9.05. The van der Waals surface area contributed by atoms with E-state index < -0.39 is 5.97 Å². The highest BCUT2D eigenvalue weighted by molar-refractivity contribution is 9.10. The molecular weight excluding hydrogens is 290 g/mol. The second-order valence-electron chi connectivity index (χ2n) is 3.27. The topological polar surface area (TPSA) is 76.7 Å². The van der Waals surface area contributed by atoms with Gasteiger partial charge in [-0.05, 0) is 28.9 Å². The lowest BCUT2D eigenvalue weighted by Crippen LogP contribution is -2.06. The average Bonchev–Trinajstić information content (AvgIpc) is 2.71. The minimum Gasteiger partial charge on any atom is -0.460 e. The Hall–Kier alpha value is -1.47. The van der Waals surface area contributed by atoms with E-state index in [1.165, 1.54) is 4.52 Å². The molecule has 0 bridgehead atoms. The highest BCUT2D eigenvalue weighted by atomic mass is 79.9. The van der Waals surface area contributed by atoms with Crippen LogP contribution in [0.5, 0.6) is 0 Å². The summed E-state index contributed by atoms with van der Waals surface area (Å²) >= 11 is 3.29. The average molecular weight is 300 g/mol. The number of aliphatic hydroxyl groups is 1. The van der Waals surface area contributed by atoms with Crippen molar-refractivity contribution in [2.24, 2.45) is 0 Å². The molecule has 1 N–H and O–H groups in total. The first-order valence-electron chi connectivity index (χ1n) is 4.98. The molecule has 2 rings (SSSR count). The maximum atomic E-state index is 11.5. The van der Waals surface area contributed by atoms with Gasteiger partial charge in [-0.15, -0.1) is 5.10 Å². The van der Waals surface area contributed by atoms with Gasteiger partial charge in [0.2, 0.25) is 0 Å². The first-order valence-corrected chi connectivity index (χ1v) is 5.77. The molecule has 2 heterocycles. The van der Waals surface area contributed by atoms with E-state index in [1.54, 1.807) is 19.2 Å². The van der Waals surface area contributed by atoms with Crippen LogP contribution >= 0.6 is 15.9 Å². The molecule has 2 aromatic heterocycles. The highest BCUT2D eigenvalue weighted by Gasteiger charge is 2.15. The normalized spacial score (nSPS) is 10.8. The number of hydrogen-bond donors (Lipinski definition) is 1. The number of nitrogens with zero attached hydrogens (tertiary/aromatic N) is 3. The molecule has 0 fully saturated rings. The van der Waals surface area contributed by atoms with E-state index in [2.05, 4.69) is 26.0 Å². The summed E-state index contributed by atoms with van der Waals surface area (Å²) in [6, 6.07) is 1.72. The van der Waals surface area contributed by atoms with Crippen molar-refractivity contribution in [2.45, 2.75) is 13.5 Å². The lowest BCUT2D eigenvalue weighted by atomic mass is 10.3. The van der Waals surface area contributed by atoms with Crippen molar-refractivity contribution in [2.75, 3.05) is 6.61 Å². The Balaban J connectivity index is 2.53. The third-order valence-corrected chi connectivity index (χ3v) is 2.54. The van der Waals surface area contributed by atoms with E-state index >= 15 is 0 Å². The van der Waals surface area contributed by atoms with Crippen molar-refractivity contribution in [3.05, 3.63) is 28.1 Å². The molecule has 0 saturated carbocycles. The summed E-state index contributed by atoms with van der Waals surface area (Å²) in [5.74, 6) is -0.587. The number of rotatable bonds is 3. The van der Waals surface area contributed by atoms with Crippen molar-refractivity contribution in [3.63, 3.8) is 0 Å². The number of carbonyl (C=O) groups is 1. The summed E-state index contributed by atoms with van der Waals surface area (Å²) < 4.78 is 6.99. The van der Waals surface area contributed by atoms with Crippen molar-refractivity contribution in [1.82, 2.24) is 14.6 Å². The smallest absolute Gasteiger partial charge is 0.378 e. The molecule has 0 aromatic carbocycles. The number of aromatic nitrogens is 3. The summed E-state index contributed by atoms with van der Waals surface area (Å²) in [5.41, 5.74) is 1.03. The van der Waals surface area contributed by atoms with Crippen LogP contribution < -0.4 is 0 Å². The van der Waals surface area contributed by atoms with Gasteiger partial charge in [0, 0.05) is 16.2 Å². The zero-order valence-corrected chi connectivity index (χ0v) is 10.6.